The maximum atomic E-state index is 11.7. The molecule has 5 nitrogen and oxygen atoms in total. The van der Waals surface area contributed by atoms with Crippen molar-refractivity contribution < 1.29 is 9.59 Å². The summed E-state index contributed by atoms with van der Waals surface area (Å²) in [5, 5.41) is 9.17. The van der Waals surface area contributed by atoms with Gasteiger partial charge in [0.2, 0.25) is 11.8 Å². The van der Waals surface area contributed by atoms with Crippen LogP contribution in [0.2, 0.25) is 0 Å². The number of hydrogen-bond donors (Lipinski definition) is 3. The fourth-order valence-corrected chi connectivity index (χ4v) is 2.44. The van der Waals surface area contributed by atoms with Crippen LogP contribution in [0, 0.1) is 5.92 Å². The number of rotatable bonds is 7. The lowest BCUT2D eigenvalue weighted by Crippen LogP contribution is -2.34. The molecule has 0 radical (unpaired) electrons. The maximum Gasteiger partial charge on any atom is 0.220 e. The first-order chi connectivity index (χ1) is 9.24. The summed E-state index contributed by atoms with van der Waals surface area (Å²) in [6.45, 7) is 2.64. The Bertz CT molecular complexity index is 310. The minimum atomic E-state index is 0.119. The lowest BCUT2D eigenvalue weighted by atomic mass is 9.96. The summed E-state index contributed by atoms with van der Waals surface area (Å²) < 4.78 is 0. The van der Waals surface area contributed by atoms with E-state index in [1.54, 1.807) is 0 Å². The van der Waals surface area contributed by atoms with Crippen LogP contribution in [0.15, 0.2) is 0 Å². The molecule has 1 saturated carbocycles. The van der Waals surface area contributed by atoms with E-state index in [-0.39, 0.29) is 11.8 Å². The first-order valence-electron chi connectivity index (χ1n) is 7.51. The summed E-state index contributed by atoms with van der Waals surface area (Å²) in [6, 6.07) is 0.431. The molecule has 3 N–H and O–H groups in total. The second-order valence-electron chi connectivity index (χ2n) is 5.71. The van der Waals surface area contributed by atoms with E-state index in [0.717, 1.165) is 38.8 Å². The molecule has 1 aliphatic carbocycles. The fraction of sp³-hybridized carbons (Fsp3) is 0.857. The van der Waals surface area contributed by atoms with Crippen LogP contribution in [-0.4, -0.2) is 37.5 Å². The Morgan fingerprint density at radius 1 is 1.16 bits per heavy atom. The number of nitrogens with one attached hydrogen (secondary N) is 3. The van der Waals surface area contributed by atoms with E-state index in [1.165, 1.54) is 6.42 Å². The molecule has 19 heavy (non-hydrogen) atoms. The second kappa shape index (κ2) is 7.48. The van der Waals surface area contributed by atoms with Crippen molar-refractivity contribution in [2.24, 2.45) is 5.92 Å². The molecule has 2 amide bonds. The van der Waals surface area contributed by atoms with Gasteiger partial charge in [-0.25, -0.2) is 0 Å². The molecule has 0 aromatic carbocycles. The predicted octanol–water partition coefficient (Wildman–Crippen LogP) is 0.551. The van der Waals surface area contributed by atoms with Crippen molar-refractivity contribution in [2.45, 2.75) is 51.0 Å². The van der Waals surface area contributed by atoms with E-state index < -0.39 is 0 Å². The van der Waals surface area contributed by atoms with Gasteiger partial charge in [-0.1, -0.05) is 0 Å². The van der Waals surface area contributed by atoms with Gasteiger partial charge in [0.15, 0.2) is 0 Å². The van der Waals surface area contributed by atoms with Crippen LogP contribution in [-0.2, 0) is 9.59 Å². The summed E-state index contributed by atoms with van der Waals surface area (Å²) in [5.74, 6) is 0.719. The zero-order valence-corrected chi connectivity index (χ0v) is 11.5. The third-order valence-corrected chi connectivity index (χ3v) is 3.72. The van der Waals surface area contributed by atoms with Gasteiger partial charge >= 0.3 is 0 Å². The monoisotopic (exact) mass is 267 g/mol. The number of carbonyl (C=O) groups is 2. The van der Waals surface area contributed by atoms with E-state index in [4.69, 9.17) is 0 Å². The van der Waals surface area contributed by atoms with Crippen LogP contribution in [0.4, 0.5) is 0 Å². The Balaban J connectivity index is 1.47. The third kappa shape index (κ3) is 6.05. The standard InChI is InChI=1S/C14H25N3O2/c18-13(17-12-5-6-12)4-2-8-16-14(19)9-11-3-1-7-15-10-11/h11-12,15H,1-10H2,(H,16,19)(H,17,18). The van der Waals surface area contributed by atoms with Gasteiger partial charge < -0.3 is 16.0 Å². The molecule has 5 heteroatoms. The minimum absolute atomic E-state index is 0.119. The maximum absolute atomic E-state index is 11.7. The number of carbonyl (C=O) groups excluding carboxylic acids is 2. The molecule has 2 fully saturated rings. The van der Waals surface area contributed by atoms with Gasteiger partial charge in [-0.3, -0.25) is 9.59 Å². The van der Waals surface area contributed by atoms with Crippen molar-refractivity contribution in [3.05, 3.63) is 0 Å². The highest BCUT2D eigenvalue weighted by atomic mass is 16.2. The van der Waals surface area contributed by atoms with Gasteiger partial charge in [0.1, 0.15) is 0 Å². The first kappa shape index (κ1) is 14.3. The van der Waals surface area contributed by atoms with Crippen LogP contribution >= 0.6 is 0 Å². The fourth-order valence-electron chi connectivity index (χ4n) is 2.44. The molecule has 1 unspecified atom stereocenters. The Labute approximate surface area is 114 Å². The molecular weight excluding hydrogens is 242 g/mol. The van der Waals surface area contributed by atoms with E-state index in [2.05, 4.69) is 16.0 Å². The highest BCUT2D eigenvalue weighted by Crippen LogP contribution is 2.18. The molecule has 1 aliphatic heterocycles. The van der Waals surface area contributed by atoms with Gasteiger partial charge in [-0.05, 0) is 51.1 Å². The number of hydrogen-bond acceptors (Lipinski definition) is 3. The molecule has 1 atom stereocenters. The smallest absolute Gasteiger partial charge is 0.220 e. The topological polar surface area (TPSA) is 70.2 Å². The lowest BCUT2D eigenvalue weighted by molar-refractivity contribution is -0.123. The third-order valence-electron chi connectivity index (χ3n) is 3.72. The lowest BCUT2D eigenvalue weighted by Gasteiger charge is -2.22. The highest BCUT2D eigenvalue weighted by molar-refractivity contribution is 5.77. The van der Waals surface area contributed by atoms with Crippen LogP contribution < -0.4 is 16.0 Å². The molecular formula is C14H25N3O2. The van der Waals surface area contributed by atoms with Gasteiger partial charge in [-0.15, -0.1) is 0 Å². The summed E-state index contributed by atoms with van der Waals surface area (Å²) in [5.41, 5.74) is 0. The van der Waals surface area contributed by atoms with Crippen LogP contribution in [0.3, 0.4) is 0 Å². The summed E-state index contributed by atoms with van der Waals surface area (Å²) in [4.78, 5) is 23.1. The molecule has 108 valence electrons. The molecule has 0 spiro atoms. The molecule has 1 heterocycles. The second-order valence-corrected chi connectivity index (χ2v) is 5.71. The van der Waals surface area contributed by atoms with Crippen LogP contribution in [0.1, 0.15) is 44.9 Å². The van der Waals surface area contributed by atoms with Crippen molar-refractivity contribution in [3.63, 3.8) is 0 Å². The normalized spacial score (nSPS) is 22.8. The minimum Gasteiger partial charge on any atom is -0.356 e. The van der Waals surface area contributed by atoms with Gasteiger partial charge in [0, 0.05) is 25.4 Å². The SMILES string of the molecule is O=C(CC1CCCNC1)NCCCC(=O)NC1CC1. The number of piperidine rings is 1. The van der Waals surface area contributed by atoms with Crippen LogP contribution in [0.25, 0.3) is 0 Å². The summed E-state index contributed by atoms with van der Waals surface area (Å²) in [7, 11) is 0. The summed E-state index contributed by atoms with van der Waals surface area (Å²) >= 11 is 0. The Hall–Kier alpha value is -1.10. The molecule has 0 aromatic rings. The number of amides is 2. The van der Waals surface area contributed by atoms with Gasteiger partial charge in [0.25, 0.3) is 0 Å². The Morgan fingerprint density at radius 3 is 2.68 bits per heavy atom. The molecule has 2 aliphatic rings. The molecule has 1 saturated heterocycles. The molecule has 2 rings (SSSR count). The molecule has 0 aromatic heterocycles. The Kier molecular flexibility index (Phi) is 5.63. The van der Waals surface area contributed by atoms with Crippen molar-refractivity contribution in [1.82, 2.24) is 16.0 Å². The van der Waals surface area contributed by atoms with E-state index >= 15 is 0 Å². The van der Waals surface area contributed by atoms with Crippen LogP contribution in [0.5, 0.6) is 0 Å². The van der Waals surface area contributed by atoms with E-state index in [0.29, 0.717) is 31.3 Å². The largest absolute Gasteiger partial charge is 0.356 e. The van der Waals surface area contributed by atoms with Crippen molar-refractivity contribution in [1.29, 1.82) is 0 Å². The van der Waals surface area contributed by atoms with Gasteiger partial charge in [0.05, 0.1) is 0 Å². The van der Waals surface area contributed by atoms with E-state index in [1.807, 2.05) is 0 Å². The average molecular weight is 267 g/mol. The zero-order valence-electron chi connectivity index (χ0n) is 11.5. The quantitative estimate of drug-likeness (QED) is 0.590. The predicted molar refractivity (Wildman–Crippen MR) is 73.6 cm³/mol. The van der Waals surface area contributed by atoms with Crippen molar-refractivity contribution in [3.8, 4) is 0 Å². The van der Waals surface area contributed by atoms with Gasteiger partial charge in [-0.2, -0.15) is 0 Å². The summed E-state index contributed by atoms with van der Waals surface area (Å²) in [6.07, 6.45) is 6.41. The zero-order chi connectivity index (χ0) is 13.5. The average Bonchev–Trinajstić information content (AvgIpc) is 3.20. The molecule has 0 bridgehead atoms. The Morgan fingerprint density at radius 2 is 2.00 bits per heavy atom. The van der Waals surface area contributed by atoms with Crippen molar-refractivity contribution >= 4 is 11.8 Å². The van der Waals surface area contributed by atoms with Crippen molar-refractivity contribution in [2.75, 3.05) is 19.6 Å². The first-order valence-corrected chi connectivity index (χ1v) is 7.51. The highest BCUT2D eigenvalue weighted by Gasteiger charge is 2.22. The van der Waals surface area contributed by atoms with E-state index in [9.17, 15) is 9.59 Å².